The third kappa shape index (κ3) is 4.52. The Morgan fingerprint density at radius 1 is 1.18 bits per heavy atom. The molecule has 0 spiro atoms. The molecule has 0 aliphatic heterocycles. The second-order valence-corrected chi connectivity index (χ2v) is 9.88. The third-order valence-electron chi connectivity index (χ3n) is 6.43. The van der Waals surface area contributed by atoms with E-state index in [9.17, 15) is 18.0 Å². The van der Waals surface area contributed by atoms with Crippen molar-refractivity contribution in [1.82, 2.24) is 14.9 Å². The summed E-state index contributed by atoms with van der Waals surface area (Å²) in [5.74, 6) is 0. The molecular formula is C26H24F3N3OS. The van der Waals surface area contributed by atoms with E-state index in [1.807, 2.05) is 18.2 Å². The lowest BCUT2D eigenvalue weighted by Gasteiger charge is -2.27. The Balaban J connectivity index is 1.38. The maximum absolute atomic E-state index is 13.3. The van der Waals surface area contributed by atoms with Gasteiger partial charge in [-0.3, -0.25) is 9.36 Å². The topological polar surface area (TPSA) is 46.9 Å². The number of hydrogen-bond donors (Lipinski definition) is 1. The minimum Gasteiger partial charge on any atom is -0.307 e. The summed E-state index contributed by atoms with van der Waals surface area (Å²) in [6.07, 6.45) is -0.449. The average molecular weight is 484 g/mol. The van der Waals surface area contributed by atoms with Crippen molar-refractivity contribution < 1.29 is 13.2 Å². The first kappa shape index (κ1) is 22.8. The molecule has 0 saturated carbocycles. The zero-order valence-electron chi connectivity index (χ0n) is 18.6. The summed E-state index contributed by atoms with van der Waals surface area (Å²) in [4.78, 5) is 19.6. The van der Waals surface area contributed by atoms with Crippen LogP contribution in [-0.2, 0) is 25.6 Å². The van der Waals surface area contributed by atoms with Crippen molar-refractivity contribution in [2.45, 2.75) is 51.0 Å². The van der Waals surface area contributed by atoms with Crippen LogP contribution in [0, 0.1) is 0 Å². The average Bonchev–Trinajstić information content (AvgIpc) is 3.19. The third-order valence-corrected chi connectivity index (χ3v) is 7.59. The number of hydrogen-bond acceptors (Lipinski definition) is 4. The minimum atomic E-state index is -4.42. The van der Waals surface area contributed by atoms with Gasteiger partial charge in [0, 0.05) is 17.0 Å². The molecule has 0 amide bonds. The van der Waals surface area contributed by atoms with Gasteiger partial charge in [0.25, 0.3) is 5.56 Å². The number of alkyl halides is 3. The minimum absolute atomic E-state index is 0.0507. The van der Waals surface area contributed by atoms with E-state index in [-0.39, 0.29) is 18.1 Å². The summed E-state index contributed by atoms with van der Waals surface area (Å²) in [5.41, 5.74) is 1.79. The Labute approximate surface area is 199 Å². The first-order valence-electron chi connectivity index (χ1n) is 11.3. The smallest absolute Gasteiger partial charge is 0.307 e. The van der Waals surface area contributed by atoms with Crippen LogP contribution < -0.4 is 10.9 Å². The van der Waals surface area contributed by atoms with Gasteiger partial charge in [0.2, 0.25) is 0 Å². The van der Waals surface area contributed by atoms with E-state index in [4.69, 9.17) is 0 Å². The molecular weight excluding hydrogens is 459 g/mol. The summed E-state index contributed by atoms with van der Waals surface area (Å²) in [6, 6.07) is 15.9. The van der Waals surface area contributed by atoms with Gasteiger partial charge < -0.3 is 5.32 Å². The van der Waals surface area contributed by atoms with Crippen LogP contribution in [0.5, 0.6) is 0 Å². The van der Waals surface area contributed by atoms with Crippen LogP contribution in [0.4, 0.5) is 13.2 Å². The summed E-state index contributed by atoms with van der Waals surface area (Å²) in [6.45, 7) is 2.21. The summed E-state index contributed by atoms with van der Waals surface area (Å²) in [7, 11) is 0. The van der Waals surface area contributed by atoms with Gasteiger partial charge in [0.15, 0.2) is 0 Å². The molecule has 4 aromatic rings. The van der Waals surface area contributed by atoms with Gasteiger partial charge in [-0.05, 0) is 55.0 Å². The molecule has 2 atom stereocenters. The molecule has 2 unspecified atom stereocenters. The predicted octanol–water partition coefficient (Wildman–Crippen LogP) is 5.73. The van der Waals surface area contributed by atoms with Crippen molar-refractivity contribution in [2.75, 3.05) is 0 Å². The lowest BCUT2D eigenvalue weighted by atomic mass is 9.92. The van der Waals surface area contributed by atoms with Gasteiger partial charge in [-0.15, -0.1) is 11.3 Å². The van der Waals surface area contributed by atoms with E-state index < -0.39 is 11.7 Å². The van der Waals surface area contributed by atoms with Gasteiger partial charge in [0.05, 0.1) is 23.8 Å². The molecule has 1 N–H and O–H groups in total. The molecule has 0 bridgehead atoms. The number of halogens is 3. The van der Waals surface area contributed by atoms with Gasteiger partial charge in [0.1, 0.15) is 4.83 Å². The highest BCUT2D eigenvalue weighted by Gasteiger charge is 2.30. The van der Waals surface area contributed by atoms with Crippen LogP contribution >= 0.6 is 11.3 Å². The predicted molar refractivity (Wildman–Crippen MR) is 128 cm³/mol. The Bertz CT molecular complexity index is 1380. The fraction of sp³-hybridized carbons (Fsp3) is 0.308. The first-order valence-corrected chi connectivity index (χ1v) is 12.1. The highest BCUT2D eigenvalue weighted by atomic mass is 32.1. The molecule has 176 valence electrons. The van der Waals surface area contributed by atoms with Crippen LogP contribution in [0.2, 0.25) is 0 Å². The van der Waals surface area contributed by atoms with Crippen LogP contribution in [-0.4, -0.2) is 15.6 Å². The van der Waals surface area contributed by atoms with Crippen molar-refractivity contribution in [2.24, 2.45) is 0 Å². The molecule has 8 heteroatoms. The molecule has 0 radical (unpaired) electrons. The van der Waals surface area contributed by atoms with Crippen molar-refractivity contribution in [3.8, 4) is 0 Å². The Morgan fingerprint density at radius 2 is 1.97 bits per heavy atom. The Kier molecular flexibility index (Phi) is 6.04. The second-order valence-electron chi connectivity index (χ2n) is 8.80. The Hall–Kier alpha value is -2.97. The highest BCUT2D eigenvalue weighted by Crippen LogP contribution is 2.34. The molecule has 2 aromatic carbocycles. The van der Waals surface area contributed by atoms with E-state index in [2.05, 4.69) is 29.4 Å². The second kappa shape index (κ2) is 9.00. The number of rotatable bonds is 5. The van der Waals surface area contributed by atoms with E-state index >= 15 is 0 Å². The van der Waals surface area contributed by atoms with Crippen molar-refractivity contribution in [3.05, 3.63) is 98.4 Å². The molecule has 0 saturated heterocycles. The number of aryl methyl sites for hydroxylation is 1. The lowest BCUT2D eigenvalue weighted by molar-refractivity contribution is -0.137. The maximum atomic E-state index is 13.3. The Morgan fingerprint density at radius 3 is 2.74 bits per heavy atom. The molecule has 0 fully saturated rings. The van der Waals surface area contributed by atoms with Crippen LogP contribution in [0.1, 0.15) is 46.5 Å². The van der Waals surface area contributed by atoms with Crippen LogP contribution in [0.15, 0.2) is 65.7 Å². The zero-order chi connectivity index (χ0) is 23.9. The number of nitrogens with one attached hydrogen (secondary N) is 1. The van der Waals surface area contributed by atoms with Crippen molar-refractivity contribution >= 4 is 21.6 Å². The largest absolute Gasteiger partial charge is 0.416 e. The summed E-state index contributed by atoms with van der Waals surface area (Å²) >= 11 is 1.55. The number of nitrogens with zero attached hydrogens (tertiary/aromatic N) is 2. The molecule has 1 aliphatic carbocycles. The van der Waals surface area contributed by atoms with Gasteiger partial charge in [-0.2, -0.15) is 13.2 Å². The SMILES string of the molecule is CC(NC1CCc2c(sc3ncn(Cc4cccc(C(F)(F)F)c4)c(=O)c23)C1)c1ccccc1. The lowest BCUT2D eigenvalue weighted by Crippen LogP contribution is -2.36. The monoisotopic (exact) mass is 483 g/mol. The number of fused-ring (bicyclic) bond motifs is 3. The zero-order valence-corrected chi connectivity index (χ0v) is 19.4. The molecule has 34 heavy (non-hydrogen) atoms. The molecule has 5 rings (SSSR count). The van der Waals surface area contributed by atoms with Crippen molar-refractivity contribution in [3.63, 3.8) is 0 Å². The molecule has 4 nitrogen and oxygen atoms in total. The highest BCUT2D eigenvalue weighted by molar-refractivity contribution is 7.18. The van der Waals surface area contributed by atoms with Gasteiger partial charge in [-0.1, -0.05) is 42.5 Å². The van der Waals surface area contributed by atoms with Crippen LogP contribution in [0.3, 0.4) is 0 Å². The first-order chi connectivity index (χ1) is 16.3. The summed E-state index contributed by atoms with van der Waals surface area (Å²) in [5, 5.41) is 4.32. The fourth-order valence-electron chi connectivity index (χ4n) is 4.69. The van der Waals surface area contributed by atoms with Gasteiger partial charge in [-0.25, -0.2) is 4.98 Å². The van der Waals surface area contributed by atoms with Crippen molar-refractivity contribution in [1.29, 1.82) is 0 Å². The standard InChI is InChI=1S/C26H24F3N3OS/c1-16(18-7-3-2-4-8-18)31-20-10-11-21-22(13-20)34-24-23(21)25(33)32(15-30-24)14-17-6-5-9-19(12-17)26(27,28)29/h2-9,12,15-16,20,31H,10-11,13-14H2,1H3. The molecule has 2 aromatic heterocycles. The quantitative estimate of drug-likeness (QED) is 0.394. The molecule has 2 heterocycles. The van der Waals surface area contributed by atoms with E-state index in [0.717, 1.165) is 37.0 Å². The number of aromatic nitrogens is 2. The maximum Gasteiger partial charge on any atom is 0.416 e. The van der Waals surface area contributed by atoms with E-state index in [1.54, 1.807) is 17.4 Å². The summed E-state index contributed by atoms with van der Waals surface area (Å²) < 4.78 is 40.6. The van der Waals surface area contributed by atoms with E-state index in [1.165, 1.54) is 27.4 Å². The van der Waals surface area contributed by atoms with Crippen LogP contribution in [0.25, 0.3) is 10.2 Å². The number of benzene rings is 2. The normalized spacial score (nSPS) is 17.0. The van der Waals surface area contributed by atoms with Gasteiger partial charge >= 0.3 is 6.18 Å². The van der Waals surface area contributed by atoms with E-state index in [0.29, 0.717) is 21.8 Å². The fourth-order valence-corrected chi connectivity index (χ4v) is 5.95. The number of thiophene rings is 1. The molecule has 1 aliphatic rings.